The summed E-state index contributed by atoms with van der Waals surface area (Å²) in [6, 6.07) is 3.70. The second-order valence-corrected chi connectivity index (χ2v) is 5.62. The highest BCUT2D eigenvalue weighted by Crippen LogP contribution is 2.08. The van der Waals surface area contributed by atoms with E-state index in [1.807, 2.05) is 30.8 Å². The number of hydrogen-bond acceptors (Lipinski definition) is 3. The minimum atomic E-state index is 0.0238. The Hall–Kier alpha value is -1.43. The molecule has 0 unspecified atom stereocenters. The van der Waals surface area contributed by atoms with Gasteiger partial charge in [-0.1, -0.05) is 6.07 Å². The van der Waals surface area contributed by atoms with E-state index < -0.39 is 0 Å². The lowest BCUT2D eigenvalue weighted by molar-refractivity contribution is 0.455. The molecule has 1 aromatic rings. The van der Waals surface area contributed by atoms with Gasteiger partial charge in [0.2, 0.25) is 0 Å². The van der Waals surface area contributed by atoms with Crippen LogP contribution in [-0.2, 0) is 13.1 Å². The number of guanidine groups is 1. The van der Waals surface area contributed by atoms with Crippen molar-refractivity contribution in [3.8, 4) is 0 Å². The van der Waals surface area contributed by atoms with E-state index in [4.69, 9.17) is 5.73 Å². The summed E-state index contributed by atoms with van der Waals surface area (Å²) in [5.74, 6) is 2.72. The fourth-order valence-electron chi connectivity index (χ4n) is 2.01. The van der Waals surface area contributed by atoms with Gasteiger partial charge in [-0.2, -0.15) is 11.8 Å². The predicted octanol–water partition coefficient (Wildman–Crippen LogP) is 0.732. The van der Waals surface area contributed by atoms with Gasteiger partial charge in [0.1, 0.15) is 0 Å². The van der Waals surface area contributed by atoms with Gasteiger partial charge in [-0.05, 0) is 13.0 Å². The molecule has 0 saturated carbocycles. The zero-order valence-corrected chi connectivity index (χ0v) is 12.0. The standard InChI is InChI=1S/C13H20N4OS/c1-2-16-5-3-4-11(12(16)18)10-15-13(14)17-6-8-19-9-7-17/h3-5H,2,6-10H2,1H3,(H2,14,15). The topological polar surface area (TPSA) is 63.6 Å². The van der Waals surface area contributed by atoms with Gasteiger partial charge in [-0.15, -0.1) is 0 Å². The Balaban J connectivity index is 2.07. The maximum atomic E-state index is 12.0. The Labute approximate surface area is 117 Å². The molecule has 2 heterocycles. The van der Waals surface area contributed by atoms with Crippen LogP contribution in [0.2, 0.25) is 0 Å². The molecular formula is C13H20N4OS. The maximum absolute atomic E-state index is 12.0. The zero-order chi connectivity index (χ0) is 13.7. The minimum Gasteiger partial charge on any atom is -0.370 e. The van der Waals surface area contributed by atoms with Gasteiger partial charge in [-0.25, -0.2) is 4.99 Å². The van der Waals surface area contributed by atoms with Gasteiger partial charge in [-0.3, -0.25) is 4.79 Å². The van der Waals surface area contributed by atoms with Crippen LogP contribution in [0.5, 0.6) is 0 Å². The second kappa shape index (κ2) is 6.65. The number of rotatable bonds is 3. The molecule has 0 bridgehead atoms. The Morgan fingerprint density at radius 1 is 1.47 bits per heavy atom. The van der Waals surface area contributed by atoms with Crippen LogP contribution in [0.25, 0.3) is 0 Å². The van der Waals surface area contributed by atoms with Gasteiger partial charge in [0.25, 0.3) is 5.56 Å². The normalized spacial score (nSPS) is 16.7. The van der Waals surface area contributed by atoms with Crippen molar-refractivity contribution in [3.63, 3.8) is 0 Å². The number of thioether (sulfide) groups is 1. The summed E-state index contributed by atoms with van der Waals surface area (Å²) < 4.78 is 1.68. The highest BCUT2D eigenvalue weighted by molar-refractivity contribution is 7.99. The molecule has 104 valence electrons. The molecule has 2 rings (SSSR count). The molecule has 1 aliphatic heterocycles. The largest absolute Gasteiger partial charge is 0.370 e. The lowest BCUT2D eigenvalue weighted by Crippen LogP contribution is -2.42. The molecule has 1 fully saturated rings. The molecule has 1 aliphatic rings. The molecule has 19 heavy (non-hydrogen) atoms. The van der Waals surface area contributed by atoms with E-state index >= 15 is 0 Å². The number of aliphatic imine (C=N–C) groups is 1. The zero-order valence-electron chi connectivity index (χ0n) is 11.2. The highest BCUT2D eigenvalue weighted by Gasteiger charge is 2.12. The van der Waals surface area contributed by atoms with Crippen LogP contribution in [0.15, 0.2) is 28.1 Å². The highest BCUT2D eigenvalue weighted by atomic mass is 32.2. The van der Waals surface area contributed by atoms with E-state index in [9.17, 15) is 4.79 Å². The Kier molecular flexibility index (Phi) is 4.90. The van der Waals surface area contributed by atoms with E-state index in [1.54, 1.807) is 10.8 Å². The van der Waals surface area contributed by atoms with Crippen LogP contribution in [0.1, 0.15) is 12.5 Å². The summed E-state index contributed by atoms with van der Waals surface area (Å²) in [6.07, 6.45) is 1.79. The van der Waals surface area contributed by atoms with Crippen molar-refractivity contribution < 1.29 is 0 Å². The van der Waals surface area contributed by atoms with Crippen LogP contribution in [-0.4, -0.2) is 40.0 Å². The number of aryl methyl sites for hydroxylation is 1. The molecule has 0 radical (unpaired) electrons. The average Bonchev–Trinajstić information content (AvgIpc) is 2.47. The van der Waals surface area contributed by atoms with Gasteiger partial charge in [0, 0.05) is 42.9 Å². The fraction of sp³-hybridized carbons (Fsp3) is 0.538. The van der Waals surface area contributed by atoms with Crippen molar-refractivity contribution in [2.75, 3.05) is 24.6 Å². The van der Waals surface area contributed by atoms with Crippen molar-refractivity contribution in [1.82, 2.24) is 9.47 Å². The first-order chi connectivity index (χ1) is 9.22. The van der Waals surface area contributed by atoms with E-state index in [0.29, 0.717) is 24.6 Å². The lowest BCUT2D eigenvalue weighted by Gasteiger charge is -2.27. The molecule has 0 spiro atoms. The van der Waals surface area contributed by atoms with Crippen molar-refractivity contribution in [3.05, 3.63) is 34.2 Å². The number of aromatic nitrogens is 1. The Morgan fingerprint density at radius 3 is 2.89 bits per heavy atom. The first-order valence-electron chi connectivity index (χ1n) is 6.53. The third-order valence-corrected chi connectivity index (χ3v) is 4.13. The van der Waals surface area contributed by atoms with Crippen molar-refractivity contribution in [2.24, 2.45) is 10.7 Å². The summed E-state index contributed by atoms with van der Waals surface area (Å²) in [7, 11) is 0. The molecule has 1 aromatic heterocycles. The SMILES string of the molecule is CCn1cccc(CN=C(N)N2CCSCC2)c1=O. The van der Waals surface area contributed by atoms with Crippen LogP contribution < -0.4 is 11.3 Å². The molecular weight excluding hydrogens is 260 g/mol. The van der Waals surface area contributed by atoms with Crippen LogP contribution in [0, 0.1) is 0 Å². The number of pyridine rings is 1. The molecule has 0 atom stereocenters. The smallest absolute Gasteiger partial charge is 0.255 e. The Morgan fingerprint density at radius 2 is 2.21 bits per heavy atom. The van der Waals surface area contributed by atoms with E-state index in [1.165, 1.54) is 0 Å². The van der Waals surface area contributed by atoms with Gasteiger partial charge >= 0.3 is 0 Å². The first kappa shape index (κ1) is 14.0. The lowest BCUT2D eigenvalue weighted by atomic mass is 10.3. The minimum absolute atomic E-state index is 0.0238. The number of nitrogens with zero attached hydrogens (tertiary/aromatic N) is 3. The van der Waals surface area contributed by atoms with Crippen molar-refractivity contribution >= 4 is 17.7 Å². The van der Waals surface area contributed by atoms with Crippen LogP contribution >= 0.6 is 11.8 Å². The third-order valence-electron chi connectivity index (χ3n) is 3.19. The van der Waals surface area contributed by atoms with Crippen LogP contribution in [0.3, 0.4) is 0 Å². The maximum Gasteiger partial charge on any atom is 0.255 e. The quantitative estimate of drug-likeness (QED) is 0.655. The molecule has 6 heteroatoms. The number of nitrogens with two attached hydrogens (primary N) is 1. The van der Waals surface area contributed by atoms with Gasteiger partial charge in [0.05, 0.1) is 6.54 Å². The van der Waals surface area contributed by atoms with Crippen molar-refractivity contribution in [2.45, 2.75) is 20.0 Å². The Bertz CT molecular complexity index is 506. The van der Waals surface area contributed by atoms with Crippen LogP contribution in [0.4, 0.5) is 0 Å². The second-order valence-electron chi connectivity index (χ2n) is 4.40. The third kappa shape index (κ3) is 3.53. The monoisotopic (exact) mass is 280 g/mol. The predicted molar refractivity (Wildman–Crippen MR) is 80.6 cm³/mol. The summed E-state index contributed by atoms with van der Waals surface area (Å²) in [5.41, 5.74) is 6.69. The average molecular weight is 280 g/mol. The number of hydrogen-bond donors (Lipinski definition) is 1. The molecule has 5 nitrogen and oxygen atoms in total. The van der Waals surface area contributed by atoms with E-state index in [-0.39, 0.29) is 5.56 Å². The molecule has 0 aliphatic carbocycles. The molecule has 0 aromatic carbocycles. The van der Waals surface area contributed by atoms with E-state index in [2.05, 4.69) is 9.89 Å². The van der Waals surface area contributed by atoms with Crippen molar-refractivity contribution in [1.29, 1.82) is 0 Å². The molecule has 0 amide bonds. The van der Waals surface area contributed by atoms with E-state index in [0.717, 1.165) is 24.6 Å². The molecule has 2 N–H and O–H groups in total. The summed E-state index contributed by atoms with van der Waals surface area (Å²) in [6.45, 7) is 4.86. The fourth-order valence-corrected chi connectivity index (χ4v) is 2.92. The van der Waals surface area contributed by atoms with Gasteiger partial charge in [0.15, 0.2) is 5.96 Å². The molecule has 1 saturated heterocycles. The first-order valence-corrected chi connectivity index (χ1v) is 7.68. The summed E-state index contributed by atoms with van der Waals surface area (Å²) >= 11 is 1.93. The summed E-state index contributed by atoms with van der Waals surface area (Å²) in [5, 5.41) is 0. The van der Waals surface area contributed by atoms with Gasteiger partial charge < -0.3 is 15.2 Å². The summed E-state index contributed by atoms with van der Waals surface area (Å²) in [4.78, 5) is 18.5.